The van der Waals surface area contributed by atoms with Crippen LogP contribution < -0.4 is 4.74 Å². The van der Waals surface area contributed by atoms with Crippen LogP contribution in [0.2, 0.25) is 0 Å². The van der Waals surface area contributed by atoms with Crippen molar-refractivity contribution in [1.29, 1.82) is 5.41 Å². The fourth-order valence-electron chi connectivity index (χ4n) is 3.74. The third kappa shape index (κ3) is 3.83. The van der Waals surface area contributed by atoms with Crippen LogP contribution in [0.1, 0.15) is 43.1 Å². The summed E-state index contributed by atoms with van der Waals surface area (Å²) in [5.41, 5.74) is 3.98. The summed E-state index contributed by atoms with van der Waals surface area (Å²) in [5.74, 6) is 0.427. The van der Waals surface area contributed by atoms with Gasteiger partial charge >= 0.3 is 0 Å². The number of nitrogens with zero attached hydrogens (tertiary/aromatic N) is 4. The van der Waals surface area contributed by atoms with E-state index in [1.165, 1.54) is 16.8 Å². The molecule has 160 valence electrons. The van der Waals surface area contributed by atoms with Gasteiger partial charge in [0.25, 0.3) is 5.91 Å². The minimum Gasteiger partial charge on any atom is -0.495 e. The highest BCUT2D eigenvalue weighted by Crippen LogP contribution is 2.32. The van der Waals surface area contributed by atoms with Crippen molar-refractivity contribution in [1.82, 2.24) is 9.58 Å². The first-order chi connectivity index (χ1) is 14.9. The number of methoxy groups -OCH3 is 1. The van der Waals surface area contributed by atoms with Crippen LogP contribution in [0.5, 0.6) is 5.75 Å². The van der Waals surface area contributed by atoms with Gasteiger partial charge in [-0.3, -0.25) is 10.2 Å². The fraction of sp³-hybridized carbons (Fsp3) is 0.304. The number of carbonyl (C=O) groups excluding carboxylic acids is 1. The predicted octanol–water partition coefficient (Wildman–Crippen LogP) is 4.91. The summed E-state index contributed by atoms with van der Waals surface area (Å²) in [6.07, 6.45) is 4.65. The number of hydrogen-bond donors (Lipinski definition) is 1. The van der Waals surface area contributed by atoms with Gasteiger partial charge in [-0.05, 0) is 68.3 Å². The van der Waals surface area contributed by atoms with Crippen LogP contribution in [0, 0.1) is 19.3 Å². The summed E-state index contributed by atoms with van der Waals surface area (Å²) in [6, 6.07) is 9.81. The van der Waals surface area contributed by atoms with E-state index in [0.717, 1.165) is 52.7 Å². The maximum atomic E-state index is 12.7. The molecule has 0 fully saturated rings. The molecule has 0 bridgehead atoms. The topological polar surface area (TPSA) is 83.0 Å². The van der Waals surface area contributed by atoms with Gasteiger partial charge in [-0.2, -0.15) is 15.1 Å². The zero-order valence-electron chi connectivity index (χ0n) is 18.1. The number of rotatable bonds is 6. The maximum Gasteiger partial charge on any atom is 0.283 e. The second-order valence-corrected chi connectivity index (χ2v) is 8.49. The Morgan fingerprint density at radius 3 is 2.77 bits per heavy atom. The Morgan fingerprint density at radius 2 is 2.03 bits per heavy atom. The molecule has 3 heterocycles. The van der Waals surface area contributed by atoms with Crippen molar-refractivity contribution >= 4 is 39.8 Å². The number of hydrogen-bond acceptors (Lipinski definition) is 5. The Labute approximate surface area is 186 Å². The molecule has 0 aliphatic carbocycles. The van der Waals surface area contributed by atoms with Gasteiger partial charge in [0.2, 0.25) is 5.17 Å². The largest absolute Gasteiger partial charge is 0.495 e. The molecule has 31 heavy (non-hydrogen) atoms. The van der Waals surface area contributed by atoms with Gasteiger partial charge in [0, 0.05) is 11.4 Å². The summed E-state index contributed by atoms with van der Waals surface area (Å²) in [4.78, 5) is 16.9. The number of fused-ring (bicyclic) bond motifs is 1. The first kappa shape index (κ1) is 21.1. The second-order valence-electron chi connectivity index (χ2n) is 7.45. The smallest absolute Gasteiger partial charge is 0.283 e. The van der Waals surface area contributed by atoms with Crippen LogP contribution in [-0.2, 0) is 4.79 Å². The fourth-order valence-corrected chi connectivity index (χ4v) is 4.66. The quantitative estimate of drug-likeness (QED) is 0.654. The Hall–Kier alpha value is -3.13. The average molecular weight is 436 g/mol. The number of benzene rings is 1. The molecule has 0 unspecified atom stereocenters. The highest BCUT2D eigenvalue weighted by molar-refractivity contribution is 8.26. The van der Waals surface area contributed by atoms with E-state index in [4.69, 9.17) is 10.1 Å². The highest BCUT2D eigenvalue weighted by Gasteiger charge is 2.35. The van der Waals surface area contributed by atoms with Crippen molar-refractivity contribution in [2.24, 2.45) is 10.1 Å². The maximum absolute atomic E-state index is 12.7. The molecule has 0 saturated carbocycles. The lowest BCUT2D eigenvalue weighted by Gasteiger charge is -2.20. The van der Waals surface area contributed by atoms with Crippen molar-refractivity contribution in [2.75, 3.05) is 7.11 Å². The van der Waals surface area contributed by atoms with Gasteiger partial charge in [0.1, 0.15) is 10.8 Å². The Kier molecular flexibility index (Phi) is 5.82. The number of aryl methyl sites for hydroxylation is 1. The Morgan fingerprint density at radius 1 is 1.26 bits per heavy atom. The summed E-state index contributed by atoms with van der Waals surface area (Å²) < 4.78 is 7.61. The molecule has 0 spiro atoms. The number of amides is 1. The van der Waals surface area contributed by atoms with Crippen LogP contribution in [0.15, 0.2) is 46.0 Å². The molecule has 1 amide bonds. The molecule has 2 aliphatic rings. The number of aliphatic imine (C=N–C) groups is 1. The number of para-hydroxylation sites is 2. The lowest BCUT2D eigenvalue weighted by atomic mass is 10.1. The van der Waals surface area contributed by atoms with E-state index in [9.17, 15) is 4.79 Å². The molecule has 8 heteroatoms. The van der Waals surface area contributed by atoms with Crippen LogP contribution in [0.25, 0.3) is 11.8 Å². The molecule has 7 nitrogen and oxygen atoms in total. The molecule has 2 aliphatic heterocycles. The Bertz CT molecular complexity index is 1160. The van der Waals surface area contributed by atoms with Crippen LogP contribution in [-0.4, -0.2) is 38.6 Å². The molecular formula is C23H25N5O2S. The number of hydrazone groups is 1. The molecule has 2 aromatic rings. The summed E-state index contributed by atoms with van der Waals surface area (Å²) >= 11 is 1.38. The Balaban J connectivity index is 1.71. The van der Waals surface area contributed by atoms with E-state index < -0.39 is 5.91 Å². The van der Waals surface area contributed by atoms with Crippen molar-refractivity contribution in [2.45, 2.75) is 40.0 Å². The third-order valence-corrected chi connectivity index (χ3v) is 6.30. The lowest BCUT2D eigenvalue weighted by molar-refractivity contribution is -0.114. The van der Waals surface area contributed by atoms with Gasteiger partial charge in [0.15, 0.2) is 5.84 Å². The number of unbranched alkanes of at least 4 members (excludes halogenated alkanes) is 1. The van der Waals surface area contributed by atoms with E-state index in [1.54, 1.807) is 13.2 Å². The first-order valence-electron chi connectivity index (χ1n) is 10.3. The predicted molar refractivity (Wildman–Crippen MR) is 126 cm³/mol. The first-order valence-corrected chi connectivity index (χ1v) is 11.1. The molecule has 0 atom stereocenters. The number of ether oxygens (including phenoxy) is 1. The molecule has 1 aromatic heterocycles. The van der Waals surface area contributed by atoms with E-state index >= 15 is 0 Å². The van der Waals surface area contributed by atoms with Gasteiger partial charge in [-0.25, -0.2) is 0 Å². The third-order valence-electron chi connectivity index (χ3n) is 5.34. The molecule has 1 aromatic carbocycles. The van der Waals surface area contributed by atoms with E-state index in [1.807, 2.05) is 44.2 Å². The van der Waals surface area contributed by atoms with Crippen molar-refractivity contribution in [3.63, 3.8) is 0 Å². The summed E-state index contributed by atoms with van der Waals surface area (Å²) in [6.45, 7) is 6.12. The van der Waals surface area contributed by atoms with Crippen LogP contribution in [0.4, 0.5) is 0 Å². The average Bonchev–Trinajstić information content (AvgIpc) is 3.29. The van der Waals surface area contributed by atoms with Gasteiger partial charge in [0.05, 0.1) is 18.4 Å². The highest BCUT2D eigenvalue weighted by atomic mass is 32.2. The van der Waals surface area contributed by atoms with E-state index in [0.29, 0.717) is 5.17 Å². The lowest BCUT2D eigenvalue weighted by Crippen LogP contribution is -2.35. The number of amidine groups is 2. The number of carbonyl (C=O) groups is 1. The molecule has 1 N–H and O–H groups in total. The minimum atomic E-state index is -0.405. The molecule has 4 rings (SSSR count). The van der Waals surface area contributed by atoms with E-state index in [2.05, 4.69) is 21.6 Å². The standard InChI is InChI=1S/C23H25N5O2S/c1-5-6-11-20-26-28-21(24)17(22(29)25-23(28)31-20)13-16-12-14(2)27(15(16)3)18-9-7-8-10-19(18)30-4/h7-10,12-13,24H,5-6,11H2,1-4H3/b17-13-,24-21?. The number of nitrogens with one attached hydrogen (secondary N) is 1. The van der Waals surface area contributed by atoms with Crippen molar-refractivity contribution < 1.29 is 9.53 Å². The number of thioether (sulfide) groups is 1. The SMILES string of the molecule is CCCCC1=NN2C(=N)/C(=C/c3cc(C)n(-c4ccccc4OC)c3C)C(=O)N=C2S1. The van der Waals surface area contributed by atoms with E-state index in [-0.39, 0.29) is 11.4 Å². The normalized spacial score (nSPS) is 17.2. The van der Waals surface area contributed by atoms with Crippen molar-refractivity contribution in [3.05, 3.63) is 52.9 Å². The summed E-state index contributed by atoms with van der Waals surface area (Å²) in [5, 5.41) is 15.9. The van der Waals surface area contributed by atoms with Gasteiger partial charge in [-0.15, -0.1) is 0 Å². The van der Waals surface area contributed by atoms with Gasteiger partial charge in [-0.1, -0.05) is 25.5 Å². The number of aromatic nitrogens is 1. The zero-order valence-corrected chi connectivity index (χ0v) is 18.9. The molecule has 0 radical (unpaired) electrons. The minimum absolute atomic E-state index is 0.0658. The molecule has 0 saturated heterocycles. The molecular weight excluding hydrogens is 410 g/mol. The van der Waals surface area contributed by atoms with Gasteiger partial charge < -0.3 is 9.30 Å². The van der Waals surface area contributed by atoms with Crippen LogP contribution >= 0.6 is 11.8 Å². The van der Waals surface area contributed by atoms with Crippen molar-refractivity contribution in [3.8, 4) is 11.4 Å². The monoisotopic (exact) mass is 435 g/mol. The van der Waals surface area contributed by atoms with Crippen LogP contribution in [0.3, 0.4) is 0 Å². The zero-order chi connectivity index (χ0) is 22.1. The summed E-state index contributed by atoms with van der Waals surface area (Å²) in [7, 11) is 1.65. The second kappa shape index (κ2) is 8.55.